The quantitative estimate of drug-likeness (QED) is 0.498. The topological polar surface area (TPSA) is 84.5 Å². The zero-order chi connectivity index (χ0) is 23.3. The number of hydrogen-bond donors (Lipinski definition) is 2. The molecule has 0 radical (unpaired) electrons. The van der Waals surface area contributed by atoms with Crippen molar-refractivity contribution in [2.75, 3.05) is 19.0 Å². The summed E-state index contributed by atoms with van der Waals surface area (Å²) < 4.78 is 47.4. The van der Waals surface area contributed by atoms with Gasteiger partial charge in [-0.2, -0.15) is 0 Å². The molecule has 6 nitrogen and oxygen atoms in total. The average molecular weight is 477 g/mol. The summed E-state index contributed by atoms with van der Waals surface area (Å²) in [5.41, 5.74) is 1.53. The molecule has 0 unspecified atom stereocenters. The standard InChI is InChI=1S/C23H22ClFN2O4S/c1-15-12-21(22(31-2)14-19(15)24)27-23(28)18-13-17(8-9-20(18)25)32(29,30)26-11-10-16-6-4-3-5-7-16/h3-9,12-14,26H,10-11H2,1-2H3,(H,27,28). The number of benzene rings is 3. The molecule has 0 atom stereocenters. The van der Waals surface area contributed by atoms with Gasteiger partial charge in [-0.1, -0.05) is 41.9 Å². The molecule has 0 aliphatic carbocycles. The van der Waals surface area contributed by atoms with E-state index in [1.807, 2.05) is 30.3 Å². The van der Waals surface area contributed by atoms with Crippen LogP contribution in [-0.4, -0.2) is 28.0 Å². The molecule has 0 aromatic heterocycles. The summed E-state index contributed by atoms with van der Waals surface area (Å²) in [7, 11) is -2.53. The maximum atomic E-state index is 14.4. The number of nitrogens with one attached hydrogen (secondary N) is 2. The molecular formula is C23H22ClFN2O4S. The van der Waals surface area contributed by atoms with Gasteiger partial charge < -0.3 is 10.1 Å². The van der Waals surface area contributed by atoms with E-state index >= 15 is 0 Å². The van der Waals surface area contributed by atoms with Crippen LogP contribution in [0.1, 0.15) is 21.5 Å². The highest BCUT2D eigenvalue weighted by Crippen LogP contribution is 2.31. The third-order valence-corrected chi connectivity index (χ3v) is 6.64. The fraction of sp³-hybridized carbons (Fsp3) is 0.174. The van der Waals surface area contributed by atoms with E-state index in [0.717, 1.165) is 23.8 Å². The fourth-order valence-corrected chi connectivity index (χ4v) is 4.23. The first-order valence-corrected chi connectivity index (χ1v) is 11.6. The minimum atomic E-state index is -3.94. The SMILES string of the molecule is COc1cc(Cl)c(C)cc1NC(=O)c1cc(S(=O)(=O)NCCc2ccccc2)ccc1F. The molecule has 168 valence electrons. The van der Waals surface area contributed by atoms with Crippen molar-refractivity contribution in [3.05, 3.63) is 88.2 Å². The van der Waals surface area contributed by atoms with Gasteiger partial charge in [0.05, 0.1) is 23.3 Å². The molecule has 9 heteroatoms. The van der Waals surface area contributed by atoms with Crippen LogP contribution in [0, 0.1) is 12.7 Å². The number of methoxy groups -OCH3 is 1. The number of halogens is 2. The first kappa shape index (κ1) is 23.7. The molecule has 3 aromatic carbocycles. The molecule has 3 aromatic rings. The first-order chi connectivity index (χ1) is 15.2. The molecule has 0 heterocycles. The highest BCUT2D eigenvalue weighted by Gasteiger charge is 2.20. The van der Waals surface area contributed by atoms with Crippen molar-refractivity contribution in [3.63, 3.8) is 0 Å². The molecule has 0 fully saturated rings. The third kappa shape index (κ3) is 5.64. The second-order valence-electron chi connectivity index (χ2n) is 7.03. The maximum Gasteiger partial charge on any atom is 0.258 e. The van der Waals surface area contributed by atoms with Gasteiger partial charge in [-0.25, -0.2) is 17.5 Å². The van der Waals surface area contributed by atoms with Crippen molar-refractivity contribution >= 4 is 33.2 Å². The van der Waals surface area contributed by atoms with Gasteiger partial charge in [0.2, 0.25) is 10.0 Å². The lowest BCUT2D eigenvalue weighted by atomic mass is 10.1. The average Bonchev–Trinajstić information content (AvgIpc) is 2.76. The van der Waals surface area contributed by atoms with E-state index in [2.05, 4.69) is 10.0 Å². The molecule has 32 heavy (non-hydrogen) atoms. The van der Waals surface area contributed by atoms with Crippen molar-refractivity contribution in [2.24, 2.45) is 0 Å². The van der Waals surface area contributed by atoms with Gasteiger partial charge in [0.1, 0.15) is 11.6 Å². The van der Waals surface area contributed by atoms with Crippen LogP contribution in [0.15, 0.2) is 65.6 Å². The summed E-state index contributed by atoms with van der Waals surface area (Å²) in [5, 5.41) is 3.00. The van der Waals surface area contributed by atoms with Crippen molar-refractivity contribution in [1.82, 2.24) is 4.72 Å². The summed E-state index contributed by atoms with van der Waals surface area (Å²) in [6, 6.07) is 15.6. The Balaban J connectivity index is 1.79. The number of anilines is 1. The fourth-order valence-electron chi connectivity index (χ4n) is 3.02. The zero-order valence-electron chi connectivity index (χ0n) is 17.5. The Bertz CT molecular complexity index is 1230. The Morgan fingerprint density at radius 2 is 1.81 bits per heavy atom. The van der Waals surface area contributed by atoms with Crippen molar-refractivity contribution in [1.29, 1.82) is 0 Å². The molecule has 1 amide bonds. The molecule has 0 aliphatic rings. The highest BCUT2D eigenvalue weighted by molar-refractivity contribution is 7.89. The van der Waals surface area contributed by atoms with Gasteiger partial charge in [-0.05, 0) is 48.7 Å². The number of aryl methyl sites for hydroxylation is 1. The Hall–Kier alpha value is -2.94. The van der Waals surface area contributed by atoms with Crippen molar-refractivity contribution in [2.45, 2.75) is 18.2 Å². The predicted octanol–water partition coefficient (Wildman–Crippen LogP) is 4.57. The summed E-state index contributed by atoms with van der Waals surface area (Å²) in [6.45, 7) is 1.90. The second kappa shape index (κ2) is 10.1. The Labute approximate surface area is 191 Å². The maximum absolute atomic E-state index is 14.4. The summed E-state index contributed by atoms with van der Waals surface area (Å²) >= 11 is 6.07. The Morgan fingerprint density at radius 3 is 2.50 bits per heavy atom. The van der Waals surface area contributed by atoms with Crippen molar-refractivity contribution < 1.29 is 22.3 Å². The second-order valence-corrected chi connectivity index (χ2v) is 9.20. The lowest BCUT2D eigenvalue weighted by Gasteiger charge is -2.13. The van der Waals surface area contributed by atoms with Gasteiger partial charge in [-0.3, -0.25) is 4.79 Å². The number of rotatable bonds is 8. The molecule has 2 N–H and O–H groups in total. The predicted molar refractivity (Wildman–Crippen MR) is 122 cm³/mol. The van der Waals surface area contributed by atoms with Gasteiger partial charge in [-0.15, -0.1) is 0 Å². The summed E-state index contributed by atoms with van der Waals surface area (Å²) in [5.74, 6) is -1.38. The van der Waals surface area contributed by atoms with Crippen molar-refractivity contribution in [3.8, 4) is 5.75 Å². The highest BCUT2D eigenvalue weighted by atomic mass is 35.5. The van der Waals surface area contributed by atoms with Gasteiger partial charge in [0.15, 0.2) is 0 Å². The van der Waals surface area contributed by atoms with Gasteiger partial charge in [0, 0.05) is 17.6 Å². The zero-order valence-corrected chi connectivity index (χ0v) is 19.1. The van der Waals surface area contributed by atoms with Crippen LogP contribution >= 0.6 is 11.6 Å². The van der Waals surface area contributed by atoms with Gasteiger partial charge in [0.25, 0.3) is 5.91 Å². The number of ether oxygens (including phenoxy) is 1. The smallest absolute Gasteiger partial charge is 0.258 e. The van der Waals surface area contributed by atoms with Crippen LogP contribution < -0.4 is 14.8 Å². The van der Waals surface area contributed by atoms with Gasteiger partial charge >= 0.3 is 0 Å². The monoisotopic (exact) mass is 476 g/mol. The van der Waals surface area contributed by atoms with E-state index in [4.69, 9.17) is 16.3 Å². The van der Waals surface area contributed by atoms with E-state index < -0.39 is 27.3 Å². The molecule has 0 saturated heterocycles. The van der Waals surface area contributed by atoms with Crippen LogP contribution in [0.3, 0.4) is 0 Å². The summed E-state index contributed by atoms with van der Waals surface area (Å²) in [4.78, 5) is 12.5. The van der Waals surface area contributed by atoms with Crippen LogP contribution in [0.2, 0.25) is 5.02 Å². The molecule has 0 aliphatic heterocycles. The van der Waals surface area contributed by atoms with E-state index in [1.54, 1.807) is 13.0 Å². The Kier molecular flexibility index (Phi) is 7.50. The number of sulfonamides is 1. The molecular weight excluding hydrogens is 455 g/mol. The van der Waals surface area contributed by atoms with Crippen LogP contribution in [0.5, 0.6) is 5.75 Å². The molecule has 0 bridgehead atoms. The lowest BCUT2D eigenvalue weighted by molar-refractivity contribution is 0.102. The van der Waals surface area contributed by atoms with E-state index in [-0.39, 0.29) is 17.1 Å². The number of amides is 1. The molecule has 0 spiro atoms. The van der Waals surface area contributed by atoms with E-state index in [9.17, 15) is 17.6 Å². The normalized spacial score (nSPS) is 11.2. The van der Waals surface area contributed by atoms with E-state index in [1.165, 1.54) is 13.2 Å². The number of carbonyl (C=O) groups excluding carboxylic acids is 1. The first-order valence-electron chi connectivity index (χ1n) is 9.70. The number of carbonyl (C=O) groups is 1. The van der Waals surface area contributed by atoms with Crippen LogP contribution in [-0.2, 0) is 16.4 Å². The minimum absolute atomic E-state index is 0.159. The summed E-state index contributed by atoms with van der Waals surface area (Å²) in [6.07, 6.45) is 0.490. The van der Waals surface area contributed by atoms with E-state index in [0.29, 0.717) is 22.8 Å². The number of hydrogen-bond acceptors (Lipinski definition) is 4. The third-order valence-electron chi connectivity index (χ3n) is 4.77. The lowest BCUT2D eigenvalue weighted by Crippen LogP contribution is -2.26. The minimum Gasteiger partial charge on any atom is -0.495 e. The molecule has 3 rings (SSSR count). The Morgan fingerprint density at radius 1 is 1.09 bits per heavy atom. The van der Waals surface area contributed by atoms with Crippen LogP contribution in [0.4, 0.5) is 10.1 Å². The molecule has 0 saturated carbocycles. The largest absolute Gasteiger partial charge is 0.495 e. The van der Waals surface area contributed by atoms with Crippen LogP contribution in [0.25, 0.3) is 0 Å².